The second-order valence-electron chi connectivity index (χ2n) is 5.26. The molecular weight excluding hydrogens is 296 g/mol. The van der Waals surface area contributed by atoms with E-state index >= 15 is 0 Å². The molecule has 3 aromatic rings. The van der Waals surface area contributed by atoms with E-state index in [0.29, 0.717) is 11.6 Å². The van der Waals surface area contributed by atoms with Crippen LogP contribution in [0.3, 0.4) is 0 Å². The summed E-state index contributed by atoms with van der Waals surface area (Å²) in [6.45, 7) is 2.62. The van der Waals surface area contributed by atoms with Crippen molar-refractivity contribution in [1.29, 1.82) is 0 Å². The Balaban J connectivity index is 1.95. The minimum Gasteiger partial charge on any atom is -0.382 e. The summed E-state index contributed by atoms with van der Waals surface area (Å²) in [6, 6.07) is 17.4. The Morgan fingerprint density at radius 1 is 1.14 bits per heavy atom. The first kappa shape index (κ1) is 14.8. The van der Waals surface area contributed by atoms with E-state index in [-0.39, 0.29) is 0 Å². The summed E-state index contributed by atoms with van der Waals surface area (Å²) in [5.41, 5.74) is 2.70. The zero-order valence-corrected chi connectivity index (χ0v) is 13.0. The first-order chi connectivity index (χ1) is 10.6. The van der Waals surface area contributed by atoms with Crippen LogP contribution in [0.1, 0.15) is 28.7 Å². The summed E-state index contributed by atoms with van der Waals surface area (Å²) in [4.78, 5) is 4.35. The van der Waals surface area contributed by atoms with Crippen LogP contribution in [0.2, 0.25) is 5.02 Å². The van der Waals surface area contributed by atoms with Crippen LogP contribution in [0.25, 0.3) is 0 Å². The summed E-state index contributed by atoms with van der Waals surface area (Å²) in [5, 5.41) is 11.3. The van der Waals surface area contributed by atoms with Crippen LogP contribution in [0.15, 0.2) is 60.8 Å². The Morgan fingerprint density at radius 2 is 1.91 bits per heavy atom. The smallest absolute Gasteiger partial charge is 0.121 e. The van der Waals surface area contributed by atoms with Gasteiger partial charge in [0.1, 0.15) is 11.9 Å². The van der Waals surface area contributed by atoms with E-state index in [2.05, 4.69) is 17.1 Å². The van der Waals surface area contributed by atoms with E-state index < -0.39 is 6.10 Å². The highest BCUT2D eigenvalue weighted by molar-refractivity contribution is 6.30. The first-order valence-electron chi connectivity index (χ1n) is 7.14. The Kier molecular flexibility index (Phi) is 4.27. The average molecular weight is 313 g/mol. The fourth-order valence-electron chi connectivity index (χ4n) is 2.52. The fourth-order valence-corrected chi connectivity index (χ4v) is 2.72. The van der Waals surface area contributed by atoms with Crippen molar-refractivity contribution >= 4 is 11.6 Å². The Bertz CT molecular complexity index is 768. The lowest BCUT2D eigenvalue weighted by Crippen LogP contribution is -2.11. The molecule has 3 nitrogen and oxygen atoms in total. The molecule has 1 aromatic heterocycles. The van der Waals surface area contributed by atoms with Crippen LogP contribution < -0.4 is 0 Å². The molecule has 4 heteroatoms. The van der Waals surface area contributed by atoms with Gasteiger partial charge < -0.3 is 9.67 Å². The summed E-state index contributed by atoms with van der Waals surface area (Å²) in [6.07, 6.45) is 0.979. The van der Waals surface area contributed by atoms with E-state index in [1.165, 1.54) is 5.56 Å². The number of nitrogens with zero attached hydrogens (tertiary/aromatic N) is 2. The number of hydrogen-bond acceptors (Lipinski definition) is 2. The highest BCUT2D eigenvalue weighted by Crippen LogP contribution is 2.25. The van der Waals surface area contributed by atoms with Crippen molar-refractivity contribution < 1.29 is 5.11 Å². The number of aryl methyl sites for hydroxylation is 1. The van der Waals surface area contributed by atoms with Gasteiger partial charge in [-0.15, -0.1) is 0 Å². The zero-order valence-electron chi connectivity index (χ0n) is 12.3. The van der Waals surface area contributed by atoms with Crippen molar-refractivity contribution in [3.05, 3.63) is 88.5 Å². The van der Waals surface area contributed by atoms with E-state index in [1.54, 1.807) is 18.3 Å². The topological polar surface area (TPSA) is 38.1 Å². The number of hydrogen-bond donors (Lipinski definition) is 1. The Hall–Kier alpha value is -2.10. The molecule has 0 bridgehead atoms. The van der Waals surface area contributed by atoms with Crippen molar-refractivity contribution in [2.45, 2.75) is 19.6 Å². The third-order valence-corrected chi connectivity index (χ3v) is 3.95. The predicted molar refractivity (Wildman–Crippen MR) is 88.0 cm³/mol. The van der Waals surface area contributed by atoms with Gasteiger partial charge in [0.15, 0.2) is 0 Å². The summed E-state index contributed by atoms with van der Waals surface area (Å²) in [5.74, 6) is 0.875. The molecule has 0 unspecified atom stereocenters. The third-order valence-electron chi connectivity index (χ3n) is 3.71. The molecule has 112 valence electrons. The molecule has 0 aliphatic rings. The van der Waals surface area contributed by atoms with Gasteiger partial charge in [-0.05, 0) is 30.2 Å². The van der Waals surface area contributed by atoms with Crippen LogP contribution in [0.4, 0.5) is 0 Å². The molecular formula is C18H17ClN2O. The van der Waals surface area contributed by atoms with Gasteiger partial charge in [0, 0.05) is 11.6 Å². The zero-order chi connectivity index (χ0) is 15.5. The van der Waals surface area contributed by atoms with Crippen LogP contribution in [-0.4, -0.2) is 14.7 Å². The SMILES string of the molecule is Cc1ncc([C@@H](O)c2cccc(Cl)c2)n1Cc1ccccc1. The van der Waals surface area contributed by atoms with Crippen LogP contribution in [0.5, 0.6) is 0 Å². The number of rotatable bonds is 4. The summed E-state index contributed by atoms with van der Waals surface area (Å²) < 4.78 is 2.03. The van der Waals surface area contributed by atoms with Gasteiger partial charge in [-0.3, -0.25) is 0 Å². The van der Waals surface area contributed by atoms with E-state index in [4.69, 9.17) is 11.6 Å². The third kappa shape index (κ3) is 3.06. The lowest BCUT2D eigenvalue weighted by Gasteiger charge is -2.16. The predicted octanol–water partition coefficient (Wildman–Crippen LogP) is 3.97. The molecule has 0 aliphatic carbocycles. The van der Waals surface area contributed by atoms with E-state index in [0.717, 1.165) is 17.1 Å². The quantitative estimate of drug-likeness (QED) is 0.791. The molecule has 1 heterocycles. The molecule has 0 saturated carbocycles. The van der Waals surface area contributed by atoms with E-state index in [1.807, 2.05) is 41.8 Å². The standard InChI is InChI=1S/C18H17ClN2O/c1-13-20-11-17(18(22)15-8-5-9-16(19)10-15)21(13)12-14-6-3-2-4-7-14/h2-11,18,22H,12H2,1H3/t18-/m0/s1. The van der Waals surface area contributed by atoms with Gasteiger partial charge in [0.25, 0.3) is 0 Å². The molecule has 0 spiro atoms. The number of halogens is 1. The normalized spacial score (nSPS) is 12.3. The molecule has 0 saturated heterocycles. The van der Waals surface area contributed by atoms with Gasteiger partial charge in [0.2, 0.25) is 0 Å². The highest BCUT2D eigenvalue weighted by Gasteiger charge is 2.17. The van der Waals surface area contributed by atoms with Crippen molar-refractivity contribution in [2.75, 3.05) is 0 Å². The number of benzene rings is 2. The molecule has 0 fully saturated rings. The van der Waals surface area contributed by atoms with Crippen molar-refractivity contribution in [3.8, 4) is 0 Å². The molecule has 1 N–H and O–H groups in total. The second kappa shape index (κ2) is 6.34. The first-order valence-corrected chi connectivity index (χ1v) is 7.52. The minimum absolute atomic E-state index is 0.613. The van der Waals surface area contributed by atoms with Gasteiger partial charge in [-0.25, -0.2) is 4.98 Å². The maximum Gasteiger partial charge on any atom is 0.121 e. The fraction of sp³-hybridized carbons (Fsp3) is 0.167. The van der Waals surface area contributed by atoms with Gasteiger partial charge in [0.05, 0.1) is 11.9 Å². The number of aromatic nitrogens is 2. The molecule has 0 radical (unpaired) electrons. The van der Waals surface area contributed by atoms with Gasteiger partial charge in [-0.1, -0.05) is 54.1 Å². The highest BCUT2D eigenvalue weighted by atomic mass is 35.5. The van der Waals surface area contributed by atoms with Crippen LogP contribution in [-0.2, 0) is 6.54 Å². The molecule has 0 aliphatic heterocycles. The van der Waals surface area contributed by atoms with Crippen LogP contribution in [0, 0.1) is 6.92 Å². The Morgan fingerprint density at radius 3 is 2.64 bits per heavy atom. The van der Waals surface area contributed by atoms with Crippen molar-refractivity contribution in [3.63, 3.8) is 0 Å². The molecule has 3 rings (SSSR count). The van der Waals surface area contributed by atoms with Gasteiger partial charge in [-0.2, -0.15) is 0 Å². The second-order valence-corrected chi connectivity index (χ2v) is 5.70. The van der Waals surface area contributed by atoms with Crippen molar-refractivity contribution in [1.82, 2.24) is 9.55 Å². The van der Waals surface area contributed by atoms with Crippen LogP contribution >= 0.6 is 11.6 Å². The summed E-state index contributed by atoms with van der Waals surface area (Å²) >= 11 is 6.02. The monoisotopic (exact) mass is 312 g/mol. The number of aliphatic hydroxyl groups excluding tert-OH is 1. The number of imidazole rings is 1. The minimum atomic E-state index is -0.747. The maximum absolute atomic E-state index is 10.7. The van der Waals surface area contributed by atoms with E-state index in [9.17, 15) is 5.11 Å². The van der Waals surface area contributed by atoms with Gasteiger partial charge >= 0.3 is 0 Å². The molecule has 0 amide bonds. The maximum atomic E-state index is 10.7. The Labute approximate surface area is 134 Å². The number of aliphatic hydroxyl groups is 1. The van der Waals surface area contributed by atoms with Crippen molar-refractivity contribution in [2.24, 2.45) is 0 Å². The summed E-state index contributed by atoms with van der Waals surface area (Å²) in [7, 11) is 0. The molecule has 2 aromatic carbocycles. The molecule has 1 atom stereocenters. The largest absolute Gasteiger partial charge is 0.382 e. The average Bonchev–Trinajstić information content (AvgIpc) is 2.89. The molecule has 22 heavy (non-hydrogen) atoms. The lowest BCUT2D eigenvalue weighted by atomic mass is 10.1. The lowest BCUT2D eigenvalue weighted by molar-refractivity contribution is 0.210.